The first-order valence-electron chi connectivity index (χ1n) is 4.30. The molecule has 0 aliphatic heterocycles. The van der Waals surface area contributed by atoms with E-state index in [1.165, 1.54) is 0 Å². The van der Waals surface area contributed by atoms with Crippen molar-refractivity contribution in [3.63, 3.8) is 0 Å². The van der Waals surface area contributed by atoms with Gasteiger partial charge in [0.05, 0.1) is 0 Å². The van der Waals surface area contributed by atoms with Crippen molar-refractivity contribution in [3.05, 3.63) is 37.0 Å². The maximum Gasteiger partial charge on any atom is 0.155 e. The summed E-state index contributed by atoms with van der Waals surface area (Å²) in [5, 5.41) is 0. The van der Waals surface area contributed by atoms with Gasteiger partial charge in [0, 0.05) is 6.42 Å². The van der Waals surface area contributed by atoms with Crippen LogP contribution in [0.25, 0.3) is 0 Å². The molecule has 0 atom stereocenters. The second-order valence-electron chi connectivity index (χ2n) is 2.55. The molecule has 0 heterocycles. The SMILES string of the molecule is C=CC=CC=CC(=O)CCCC. The fourth-order valence-corrected chi connectivity index (χ4v) is 0.740. The molecule has 12 heavy (non-hydrogen) atoms. The summed E-state index contributed by atoms with van der Waals surface area (Å²) in [6, 6.07) is 0. The van der Waals surface area contributed by atoms with Gasteiger partial charge in [-0.05, 0) is 12.5 Å². The minimum Gasteiger partial charge on any atom is -0.295 e. The highest BCUT2D eigenvalue weighted by Gasteiger charge is 1.92. The first kappa shape index (κ1) is 10.9. The van der Waals surface area contributed by atoms with Crippen molar-refractivity contribution in [2.75, 3.05) is 0 Å². The maximum atomic E-state index is 11.0. The van der Waals surface area contributed by atoms with Crippen LogP contribution in [0.3, 0.4) is 0 Å². The lowest BCUT2D eigenvalue weighted by molar-refractivity contribution is -0.114. The van der Waals surface area contributed by atoms with Gasteiger partial charge in [0.15, 0.2) is 5.78 Å². The van der Waals surface area contributed by atoms with Crippen LogP contribution in [-0.4, -0.2) is 5.78 Å². The minimum atomic E-state index is 0.200. The molecule has 0 aromatic carbocycles. The molecule has 0 aromatic rings. The fraction of sp³-hybridized carbons (Fsp3) is 0.364. The van der Waals surface area contributed by atoms with Crippen molar-refractivity contribution in [1.29, 1.82) is 0 Å². The van der Waals surface area contributed by atoms with Crippen LogP contribution in [0.15, 0.2) is 37.0 Å². The Labute approximate surface area is 74.5 Å². The monoisotopic (exact) mass is 164 g/mol. The zero-order valence-corrected chi connectivity index (χ0v) is 7.62. The molecular formula is C11H16O. The predicted molar refractivity (Wildman–Crippen MR) is 53.0 cm³/mol. The third-order valence-corrected chi connectivity index (χ3v) is 1.42. The summed E-state index contributed by atoms with van der Waals surface area (Å²) in [5.41, 5.74) is 0. The van der Waals surface area contributed by atoms with Crippen LogP contribution in [-0.2, 0) is 4.79 Å². The van der Waals surface area contributed by atoms with Gasteiger partial charge in [-0.25, -0.2) is 0 Å². The van der Waals surface area contributed by atoms with Crippen LogP contribution in [0.5, 0.6) is 0 Å². The second kappa shape index (κ2) is 7.99. The highest BCUT2D eigenvalue weighted by atomic mass is 16.1. The molecular weight excluding hydrogens is 148 g/mol. The van der Waals surface area contributed by atoms with Gasteiger partial charge in [-0.15, -0.1) is 0 Å². The van der Waals surface area contributed by atoms with Gasteiger partial charge in [0.1, 0.15) is 0 Å². The normalized spacial score (nSPS) is 11.1. The molecule has 1 heteroatoms. The number of carbonyl (C=O) groups excluding carboxylic acids is 1. The van der Waals surface area contributed by atoms with Crippen LogP contribution < -0.4 is 0 Å². The lowest BCUT2D eigenvalue weighted by Gasteiger charge is -1.89. The summed E-state index contributed by atoms with van der Waals surface area (Å²) in [4.78, 5) is 11.0. The molecule has 0 aliphatic carbocycles. The molecule has 0 unspecified atom stereocenters. The quantitative estimate of drug-likeness (QED) is 0.435. The average Bonchev–Trinajstić information content (AvgIpc) is 2.09. The average molecular weight is 164 g/mol. The van der Waals surface area contributed by atoms with Crippen molar-refractivity contribution in [1.82, 2.24) is 0 Å². The van der Waals surface area contributed by atoms with Gasteiger partial charge in [-0.3, -0.25) is 4.79 Å². The van der Waals surface area contributed by atoms with E-state index in [-0.39, 0.29) is 5.78 Å². The number of carbonyl (C=O) groups is 1. The molecule has 0 aliphatic rings. The van der Waals surface area contributed by atoms with E-state index in [0.29, 0.717) is 6.42 Å². The molecule has 66 valence electrons. The first-order chi connectivity index (χ1) is 5.81. The molecule has 0 aromatic heterocycles. The molecule has 1 nitrogen and oxygen atoms in total. The van der Waals surface area contributed by atoms with E-state index < -0.39 is 0 Å². The minimum absolute atomic E-state index is 0.200. The van der Waals surface area contributed by atoms with Crippen LogP contribution in [0.1, 0.15) is 26.2 Å². The molecule has 0 spiro atoms. The third-order valence-electron chi connectivity index (χ3n) is 1.42. The van der Waals surface area contributed by atoms with E-state index in [9.17, 15) is 4.79 Å². The molecule has 0 saturated carbocycles. The van der Waals surface area contributed by atoms with Gasteiger partial charge in [0.2, 0.25) is 0 Å². The highest BCUT2D eigenvalue weighted by Crippen LogP contribution is 1.96. The lowest BCUT2D eigenvalue weighted by atomic mass is 10.2. The molecule has 0 fully saturated rings. The number of unbranched alkanes of at least 4 members (excludes halogenated alkanes) is 1. The van der Waals surface area contributed by atoms with Crippen LogP contribution >= 0.6 is 0 Å². The Bertz CT molecular complexity index is 187. The Kier molecular flexibility index (Phi) is 7.25. The van der Waals surface area contributed by atoms with Crippen molar-refractivity contribution < 1.29 is 4.79 Å². The zero-order chi connectivity index (χ0) is 9.23. The lowest BCUT2D eigenvalue weighted by Crippen LogP contribution is -1.90. The Morgan fingerprint density at radius 1 is 1.33 bits per heavy atom. The van der Waals surface area contributed by atoms with E-state index in [4.69, 9.17) is 0 Å². The van der Waals surface area contributed by atoms with Crippen LogP contribution in [0.4, 0.5) is 0 Å². The third kappa shape index (κ3) is 7.00. The zero-order valence-electron chi connectivity index (χ0n) is 7.62. The molecule has 0 saturated heterocycles. The van der Waals surface area contributed by atoms with E-state index in [1.807, 2.05) is 0 Å². The summed E-state index contributed by atoms with van der Waals surface area (Å²) < 4.78 is 0. The summed E-state index contributed by atoms with van der Waals surface area (Å²) in [7, 11) is 0. The van der Waals surface area contributed by atoms with E-state index >= 15 is 0 Å². The largest absolute Gasteiger partial charge is 0.295 e. The Hall–Kier alpha value is -1.11. The molecule has 0 rings (SSSR count). The van der Waals surface area contributed by atoms with Crippen LogP contribution in [0, 0.1) is 0 Å². The summed E-state index contributed by atoms with van der Waals surface area (Å²) in [5.74, 6) is 0.200. The number of ketones is 1. The topological polar surface area (TPSA) is 17.1 Å². The van der Waals surface area contributed by atoms with Crippen molar-refractivity contribution >= 4 is 5.78 Å². The van der Waals surface area contributed by atoms with Crippen molar-refractivity contribution in [3.8, 4) is 0 Å². The smallest absolute Gasteiger partial charge is 0.155 e. The maximum absolute atomic E-state index is 11.0. The van der Waals surface area contributed by atoms with Gasteiger partial charge in [0.25, 0.3) is 0 Å². The second-order valence-corrected chi connectivity index (χ2v) is 2.55. The van der Waals surface area contributed by atoms with Gasteiger partial charge >= 0.3 is 0 Å². The number of allylic oxidation sites excluding steroid dienone is 5. The Morgan fingerprint density at radius 3 is 2.67 bits per heavy atom. The van der Waals surface area contributed by atoms with E-state index in [1.54, 1.807) is 30.4 Å². The molecule has 0 radical (unpaired) electrons. The number of hydrogen-bond acceptors (Lipinski definition) is 1. The first-order valence-corrected chi connectivity index (χ1v) is 4.30. The molecule has 0 amide bonds. The molecule has 0 bridgehead atoms. The number of rotatable bonds is 6. The van der Waals surface area contributed by atoms with Crippen molar-refractivity contribution in [2.24, 2.45) is 0 Å². The van der Waals surface area contributed by atoms with Gasteiger partial charge < -0.3 is 0 Å². The summed E-state index contributed by atoms with van der Waals surface area (Å²) >= 11 is 0. The fourth-order valence-electron chi connectivity index (χ4n) is 0.740. The van der Waals surface area contributed by atoms with Crippen LogP contribution in [0.2, 0.25) is 0 Å². The van der Waals surface area contributed by atoms with Crippen molar-refractivity contribution in [2.45, 2.75) is 26.2 Å². The predicted octanol–water partition coefficient (Wildman–Crippen LogP) is 3.04. The van der Waals surface area contributed by atoms with E-state index in [2.05, 4.69) is 13.5 Å². The van der Waals surface area contributed by atoms with Gasteiger partial charge in [-0.1, -0.05) is 44.2 Å². The highest BCUT2D eigenvalue weighted by molar-refractivity contribution is 5.89. The molecule has 0 N–H and O–H groups in total. The van der Waals surface area contributed by atoms with Gasteiger partial charge in [-0.2, -0.15) is 0 Å². The Morgan fingerprint density at radius 2 is 2.08 bits per heavy atom. The summed E-state index contributed by atoms with van der Waals surface area (Å²) in [6.45, 7) is 5.60. The van der Waals surface area contributed by atoms with E-state index in [0.717, 1.165) is 12.8 Å². The standard InChI is InChI=1S/C11H16O/c1-3-5-7-8-10-11(12)9-6-4-2/h3,5,7-8,10H,1,4,6,9H2,2H3. The Balaban J connectivity index is 3.60. The number of hydrogen-bond donors (Lipinski definition) is 0. The summed E-state index contributed by atoms with van der Waals surface area (Å²) in [6.07, 6.45) is 11.3.